The average molecular weight is 294 g/mol. The minimum Gasteiger partial charge on any atom is -0.394 e. The van der Waals surface area contributed by atoms with Gasteiger partial charge in [0.1, 0.15) is 0 Å². The van der Waals surface area contributed by atoms with Crippen molar-refractivity contribution in [3.05, 3.63) is 35.9 Å². The maximum absolute atomic E-state index is 12.3. The van der Waals surface area contributed by atoms with Crippen LogP contribution in [0.4, 0.5) is 0 Å². The Balaban J connectivity index is 1.94. The molecule has 20 heavy (non-hydrogen) atoms. The Morgan fingerprint density at radius 1 is 1.35 bits per heavy atom. The van der Waals surface area contributed by atoms with E-state index in [-0.39, 0.29) is 24.6 Å². The third-order valence-electron chi connectivity index (χ3n) is 3.67. The molecule has 2 rings (SSSR count). The number of thioether (sulfide) groups is 1. The van der Waals surface area contributed by atoms with Crippen LogP contribution in [0.25, 0.3) is 0 Å². The number of hydrogen-bond donors (Lipinski definition) is 2. The monoisotopic (exact) mass is 294 g/mol. The van der Waals surface area contributed by atoms with Gasteiger partial charge in [-0.2, -0.15) is 11.8 Å². The van der Waals surface area contributed by atoms with Crippen molar-refractivity contribution in [2.75, 3.05) is 31.2 Å². The molecule has 0 aliphatic carbocycles. The smallest absolute Gasteiger partial charge is 0.237 e. The van der Waals surface area contributed by atoms with Crippen LogP contribution in [0.1, 0.15) is 18.5 Å². The van der Waals surface area contributed by atoms with Gasteiger partial charge in [0.05, 0.1) is 18.7 Å². The van der Waals surface area contributed by atoms with E-state index in [1.807, 2.05) is 49.0 Å². The van der Waals surface area contributed by atoms with Gasteiger partial charge in [0, 0.05) is 24.6 Å². The normalized spacial score (nSPS) is 19.3. The molecule has 1 amide bonds. The number of benzene rings is 1. The van der Waals surface area contributed by atoms with Crippen LogP contribution in [-0.2, 0) is 4.79 Å². The van der Waals surface area contributed by atoms with E-state index in [9.17, 15) is 9.90 Å². The molecular weight excluding hydrogens is 272 g/mol. The van der Waals surface area contributed by atoms with Crippen molar-refractivity contribution in [2.24, 2.45) is 0 Å². The second-order valence-electron chi connectivity index (χ2n) is 4.98. The quantitative estimate of drug-likeness (QED) is 0.859. The van der Waals surface area contributed by atoms with Crippen molar-refractivity contribution in [1.29, 1.82) is 0 Å². The lowest BCUT2D eigenvalue weighted by Gasteiger charge is -2.32. The van der Waals surface area contributed by atoms with E-state index in [1.165, 1.54) is 0 Å². The molecule has 1 aromatic carbocycles. The van der Waals surface area contributed by atoms with Gasteiger partial charge in [0.25, 0.3) is 0 Å². The molecule has 0 spiro atoms. The topological polar surface area (TPSA) is 52.6 Å². The molecule has 1 fully saturated rings. The number of aliphatic hydroxyl groups is 1. The molecule has 0 saturated carbocycles. The Hall–Kier alpha value is -1.04. The second-order valence-corrected chi connectivity index (χ2v) is 6.20. The minimum atomic E-state index is -0.328. The standard InChI is InChI=1S/C15H22N2O2S/c1-12(17-7-9-20-10-8-17)15(19)16-14(11-18)13-5-3-2-4-6-13/h2-6,12,14,18H,7-11H2,1H3,(H,16,19)/t12-,14+/m1/s1. The van der Waals surface area contributed by atoms with Crippen molar-refractivity contribution in [1.82, 2.24) is 10.2 Å². The number of amides is 1. The highest BCUT2D eigenvalue weighted by Crippen LogP contribution is 2.15. The molecule has 4 nitrogen and oxygen atoms in total. The van der Waals surface area contributed by atoms with Gasteiger partial charge < -0.3 is 10.4 Å². The van der Waals surface area contributed by atoms with E-state index in [4.69, 9.17) is 0 Å². The fourth-order valence-electron chi connectivity index (χ4n) is 2.34. The molecule has 1 aliphatic rings. The van der Waals surface area contributed by atoms with E-state index < -0.39 is 0 Å². The molecular formula is C15H22N2O2S. The molecule has 0 aromatic heterocycles. The van der Waals surface area contributed by atoms with Gasteiger partial charge in [-0.25, -0.2) is 0 Å². The molecule has 0 unspecified atom stereocenters. The summed E-state index contributed by atoms with van der Waals surface area (Å²) in [6.45, 7) is 3.76. The van der Waals surface area contributed by atoms with Crippen molar-refractivity contribution in [2.45, 2.75) is 19.0 Å². The molecule has 5 heteroatoms. The zero-order chi connectivity index (χ0) is 14.4. The lowest BCUT2D eigenvalue weighted by atomic mass is 10.1. The van der Waals surface area contributed by atoms with E-state index in [2.05, 4.69) is 10.2 Å². The minimum absolute atomic E-state index is 0.0141. The molecule has 0 radical (unpaired) electrons. The summed E-state index contributed by atoms with van der Waals surface area (Å²) >= 11 is 1.93. The Labute approximate surface area is 124 Å². The zero-order valence-corrected chi connectivity index (χ0v) is 12.6. The predicted octanol–water partition coefficient (Wildman–Crippen LogP) is 1.27. The third kappa shape index (κ3) is 3.98. The number of carbonyl (C=O) groups excluding carboxylic acids is 1. The summed E-state index contributed by atoms with van der Waals surface area (Å²) in [5, 5.41) is 12.4. The highest BCUT2D eigenvalue weighted by atomic mass is 32.2. The Kier molecular flexibility index (Phi) is 5.88. The highest BCUT2D eigenvalue weighted by molar-refractivity contribution is 7.99. The van der Waals surface area contributed by atoms with E-state index >= 15 is 0 Å². The third-order valence-corrected chi connectivity index (χ3v) is 4.62. The lowest BCUT2D eigenvalue weighted by Crippen LogP contribution is -2.49. The molecule has 1 aromatic rings. The summed E-state index contributed by atoms with van der Waals surface area (Å²) in [7, 11) is 0. The molecule has 110 valence electrons. The van der Waals surface area contributed by atoms with Crippen LogP contribution >= 0.6 is 11.8 Å². The molecule has 1 saturated heterocycles. The predicted molar refractivity (Wildman–Crippen MR) is 82.8 cm³/mol. The Morgan fingerprint density at radius 2 is 2.00 bits per heavy atom. The second kappa shape index (κ2) is 7.67. The number of rotatable bonds is 5. The highest BCUT2D eigenvalue weighted by Gasteiger charge is 2.24. The molecule has 2 N–H and O–H groups in total. The van der Waals surface area contributed by atoms with Crippen LogP contribution in [0.2, 0.25) is 0 Å². The summed E-state index contributed by atoms with van der Waals surface area (Å²) in [6, 6.07) is 9.12. The molecule has 0 bridgehead atoms. The van der Waals surface area contributed by atoms with Gasteiger partial charge in [-0.3, -0.25) is 9.69 Å². The van der Waals surface area contributed by atoms with Crippen LogP contribution in [-0.4, -0.2) is 53.2 Å². The van der Waals surface area contributed by atoms with Crippen LogP contribution in [0.3, 0.4) is 0 Å². The van der Waals surface area contributed by atoms with Crippen LogP contribution in [0, 0.1) is 0 Å². The van der Waals surface area contributed by atoms with Crippen LogP contribution in [0.5, 0.6) is 0 Å². The Morgan fingerprint density at radius 3 is 2.60 bits per heavy atom. The maximum atomic E-state index is 12.3. The first kappa shape index (κ1) is 15.4. The van der Waals surface area contributed by atoms with Crippen molar-refractivity contribution in [3.8, 4) is 0 Å². The number of carbonyl (C=O) groups is 1. The van der Waals surface area contributed by atoms with Gasteiger partial charge in [-0.05, 0) is 12.5 Å². The number of hydrogen-bond acceptors (Lipinski definition) is 4. The van der Waals surface area contributed by atoms with Gasteiger partial charge in [0.2, 0.25) is 5.91 Å². The van der Waals surface area contributed by atoms with Crippen molar-refractivity contribution < 1.29 is 9.90 Å². The number of nitrogens with one attached hydrogen (secondary N) is 1. The summed E-state index contributed by atoms with van der Waals surface area (Å²) in [5.41, 5.74) is 0.935. The lowest BCUT2D eigenvalue weighted by molar-refractivity contribution is -0.126. The first-order chi connectivity index (χ1) is 9.72. The van der Waals surface area contributed by atoms with E-state index in [1.54, 1.807) is 0 Å². The Bertz CT molecular complexity index is 421. The van der Waals surface area contributed by atoms with Crippen molar-refractivity contribution in [3.63, 3.8) is 0 Å². The van der Waals surface area contributed by atoms with Gasteiger partial charge in [-0.1, -0.05) is 30.3 Å². The summed E-state index contributed by atoms with van der Waals surface area (Å²) in [5.74, 6) is 2.15. The summed E-state index contributed by atoms with van der Waals surface area (Å²) in [6.07, 6.45) is 0. The largest absolute Gasteiger partial charge is 0.394 e. The molecule has 1 heterocycles. The van der Waals surface area contributed by atoms with Gasteiger partial charge >= 0.3 is 0 Å². The zero-order valence-electron chi connectivity index (χ0n) is 11.8. The SMILES string of the molecule is C[C@H](C(=O)N[C@@H](CO)c1ccccc1)N1CCSCC1. The fourth-order valence-corrected chi connectivity index (χ4v) is 3.27. The van der Waals surface area contributed by atoms with E-state index in [0.29, 0.717) is 0 Å². The first-order valence-corrected chi connectivity index (χ1v) is 8.16. The number of aliphatic hydroxyl groups excluding tert-OH is 1. The number of nitrogens with zero attached hydrogens (tertiary/aromatic N) is 1. The van der Waals surface area contributed by atoms with Gasteiger partial charge in [-0.15, -0.1) is 0 Å². The summed E-state index contributed by atoms with van der Waals surface area (Å²) in [4.78, 5) is 14.5. The van der Waals surface area contributed by atoms with Crippen LogP contribution < -0.4 is 5.32 Å². The van der Waals surface area contributed by atoms with Gasteiger partial charge in [0.15, 0.2) is 0 Å². The van der Waals surface area contributed by atoms with Crippen molar-refractivity contribution >= 4 is 17.7 Å². The van der Waals surface area contributed by atoms with Crippen LogP contribution in [0.15, 0.2) is 30.3 Å². The molecule has 1 aliphatic heterocycles. The molecule has 2 atom stereocenters. The first-order valence-electron chi connectivity index (χ1n) is 7.00. The maximum Gasteiger partial charge on any atom is 0.237 e. The average Bonchev–Trinajstić information content (AvgIpc) is 2.53. The fraction of sp³-hybridized carbons (Fsp3) is 0.533. The summed E-state index contributed by atoms with van der Waals surface area (Å²) < 4.78 is 0. The van der Waals surface area contributed by atoms with E-state index in [0.717, 1.165) is 30.2 Å².